The van der Waals surface area contributed by atoms with E-state index in [4.69, 9.17) is 21.2 Å². The summed E-state index contributed by atoms with van der Waals surface area (Å²) >= 11 is 0. The summed E-state index contributed by atoms with van der Waals surface area (Å²) in [6.45, 7) is 7.87. The van der Waals surface area contributed by atoms with Crippen LogP contribution >= 0.6 is 0 Å². The van der Waals surface area contributed by atoms with E-state index in [9.17, 15) is 0 Å². The van der Waals surface area contributed by atoms with E-state index in [1.807, 2.05) is 38.2 Å². The molecule has 2 heterocycles. The monoisotopic (exact) mass is 419 g/mol. The summed E-state index contributed by atoms with van der Waals surface area (Å²) in [6.07, 6.45) is 3.79. The van der Waals surface area contributed by atoms with Crippen LogP contribution in [0.25, 0.3) is 11.4 Å². The summed E-state index contributed by atoms with van der Waals surface area (Å²) in [6, 6.07) is 9.83. The number of nitrogens with two attached hydrogens (primary N) is 2. The van der Waals surface area contributed by atoms with Crippen LogP contribution in [0.5, 0.6) is 5.75 Å². The smallest absolute Gasteiger partial charge is 0.161 e. The second kappa shape index (κ2) is 8.20. The van der Waals surface area contributed by atoms with E-state index in [0.29, 0.717) is 23.2 Å². The Morgan fingerprint density at radius 3 is 2.58 bits per heavy atom. The van der Waals surface area contributed by atoms with Crippen molar-refractivity contribution in [2.24, 2.45) is 16.5 Å². The number of hydrogen-bond donors (Lipinski definition) is 2. The first-order valence-electron chi connectivity index (χ1n) is 10.4. The van der Waals surface area contributed by atoms with Gasteiger partial charge in [0.25, 0.3) is 0 Å². The van der Waals surface area contributed by atoms with Crippen molar-refractivity contribution in [2.75, 3.05) is 7.11 Å². The minimum atomic E-state index is -0.387. The van der Waals surface area contributed by atoms with Crippen LogP contribution in [-0.2, 0) is 12.2 Å². The Morgan fingerprint density at radius 2 is 2.00 bits per heavy atom. The average Bonchev–Trinajstić information content (AvgIpc) is 3.15. The number of ether oxygens (including phenoxy) is 1. The molecule has 8 nitrogen and oxygen atoms in total. The molecule has 3 aromatic rings. The predicted octanol–water partition coefficient (Wildman–Crippen LogP) is 3.45. The van der Waals surface area contributed by atoms with Crippen LogP contribution in [0.15, 0.2) is 41.5 Å². The molecular weight excluding hydrogens is 390 g/mol. The normalized spacial score (nSPS) is 18.5. The van der Waals surface area contributed by atoms with Gasteiger partial charge in [-0.2, -0.15) is 5.10 Å². The van der Waals surface area contributed by atoms with E-state index in [-0.39, 0.29) is 18.1 Å². The number of benzene rings is 1. The van der Waals surface area contributed by atoms with E-state index in [2.05, 4.69) is 33.9 Å². The Balaban J connectivity index is 1.55. The molecular formula is C23H29N7O. The third-order valence-corrected chi connectivity index (χ3v) is 5.93. The molecule has 0 radical (unpaired) electrons. The van der Waals surface area contributed by atoms with Gasteiger partial charge in [0.15, 0.2) is 11.6 Å². The molecule has 0 unspecified atom stereocenters. The maximum Gasteiger partial charge on any atom is 0.161 e. The van der Waals surface area contributed by atoms with Crippen molar-refractivity contribution in [1.29, 1.82) is 0 Å². The molecule has 0 spiro atoms. The van der Waals surface area contributed by atoms with Gasteiger partial charge in [0.1, 0.15) is 11.4 Å². The van der Waals surface area contributed by atoms with E-state index >= 15 is 0 Å². The van der Waals surface area contributed by atoms with Crippen molar-refractivity contribution in [3.05, 3.63) is 53.6 Å². The first-order chi connectivity index (χ1) is 14.9. The molecule has 0 atom stereocenters. The van der Waals surface area contributed by atoms with Gasteiger partial charge in [-0.1, -0.05) is 12.1 Å². The number of para-hydroxylation sites is 1. The number of hydrogen-bond acceptors (Lipinski definition) is 7. The van der Waals surface area contributed by atoms with Gasteiger partial charge < -0.3 is 16.2 Å². The van der Waals surface area contributed by atoms with Gasteiger partial charge in [-0.3, -0.25) is 9.98 Å². The Bertz CT molecular complexity index is 1080. The lowest BCUT2D eigenvalue weighted by Crippen LogP contribution is -2.29. The Labute approximate surface area is 182 Å². The molecule has 31 heavy (non-hydrogen) atoms. The summed E-state index contributed by atoms with van der Waals surface area (Å²) < 4.78 is 7.12. The molecule has 4 rings (SSSR count). The largest absolute Gasteiger partial charge is 0.494 e. The maximum atomic E-state index is 6.16. The van der Waals surface area contributed by atoms with Crippen LogP contribution in [0.2, 0.25) is 0 Å². The highest BCUT2D eigenvalue weighted by molar-refractivity contribution is 5.78. The molecule has 1 fully saturated rings. The molecule has 0 amide bonds. The molecule has 0 bridgehead atoms. The van der Waals surface area contributed by atoms with E-state index in [0.717, 1.165) is 35.5 Å². The first-order valence-corrected chi connectivity index (χ1v) is 10.4. The topological polar surface area (TPSA) is 117 Å². The maximum absolute atomic E-state index is 6.16. The van der Waals surface area contributed by atoms with Crippen molar-refractivity contribution in [3.8, 4) is 17.1 Å². The van der Waals surface area contributed by atoms with E-state index in [1.165, 1.54) is 0 Å². The highest BCUT2D eigenvalue weighted by atomic mass is 16.5. The van der Waals surface area contributed by atoms with Gasteiger partial charge in [-0.15, -0.1) is 0 Å². The van der Waals surface area contributed by atoms with Crippen molar-refractivity contribution in [2.45, 2.75) is 50.7 Å². The first kappa shape index (κ1) is 21.1. The van der Waals surface area contributed by atoms with Crippen LogP contribution in [0.4, 0.5) is 5.69 Å². The molecule has 0 aliphatic heterocycles. The second-order valence-corrected chi connectivity index (χ2v) is 8.55. The van der Waals surface area contributed by atoms with Gasteiger partial charge in [0.2, 0.25) is 0 Å². The molecule has 162 valence electrons. The third kappa shape index (κ3) is 3.96. The number of aliphatic imine (C=N–C) groups is 1. The molecule has 0 saturated heterocycles. The quantitative estimate of drug-likeness (QED) is 0.567. The summed E-state index contributed by atoms with van der Waals surface area (Å²) in [5.41, 5.74) is 15.3. The van der Waals surface area contributed by atoms with Crippen LogP contribution in [0, 0.1) is 0 Å². The van der Waals surface area contributed by atoms with Crippen molar-refractivity contribution >= 4 is 12.4 Å². The Kier molecular flexibility index (Phi) is 5.60. The van der Waals surface area contributed by atoms with Crippen LogP contribution in [-0.4, -0.2) is 33.6 Å². The van der Waals surface area contributed by atoms with Gasteiger partial charge in [0, 0.05) is 34.8 Å². The van der Waals surface area contributed by atoms with E-state index < -0.39 is 0 Å². The van der Waals surface area contributed by atoms with Crippen molar-refractivity contribution < 1.29 is 4.74 Å². The lowest BCUT2D eigenvalue weighted by molar-refractivity contribution is 0.330. The molecule has 1 aliphatic rings. The number of aromatic nitrogens is 4. The zero-order valence-electron chi connectivity index (χ0n) is 18.2. The Morgan fingerprint density at radius 1 is 1.23 bits per heavy atom. The highest BCUT2D eigenvalue weighted by Gasteiger charge is 2.36. The van der Waals surface area contributed by atoms with Crippen LogP contribution in [0.3, 0.4) is 0 Å². The predicted molar refractivity (Wildman–Crippen MR) is 122 cm³/mol. The molecule has 2 aromatic heterocycles. The van der Waals surface area contributed by atoms with E-state index in [1.54, 1.807) is 11.8 Å². The van der Waals surface area contributed by atoms with Gasteiger partial charge in [-0.05, 0) is 57.2 Å². The number of methoxy groups -OCH3 is 1. The zero-order chi connectivity index (χ0) is 22.2. The van der Waals surface area contributed by atoms with Gasteiger partial charge in [0.05, 0.1) is 13.8 Å². The average molecular weight is 420 g/mol. The fraction of sp³-hybridized carbons (Fsp3) is 0.391. The summed E-state index contributed by atoms with van der Waals surface area (Å²) in [5, 5.41) is 4.67. The van der Waals surface area contributed by atoms with Crippen molar-refractivity contribution in [3.63, 3.8) is 0 Å². The van der Waals surface area contributed by atoms with Crippen LogP contribution < -0.4 is 16.2 Å². The van der Waals surface area contributed by atoms with Gasteiger partial charge in [-0.25, -0.2) is 9.67 Å². The fourth-order valence-electron chi connectivity index (χ4n) is 3.99. The van der Waals surface area contributed by atoms with Crippen LogP contribution in [0.1, 0.15) is 55.6 Å². The minimum Gasteiger partial charge on any atom is -0.494 e. The molecule has 1 aliphatic carbocycles. The minimum absolute atomic E-state index is 0.226. The number of pyridine rings is 1. The highest BCUT2D eigenvalue weighted by Crippen LogP contribution is 2.47. The molecule has 1 aromatic carbocycles. The zero-order valence-corrected chi connectivity index (χ0v) is 18.2. The number of nitrogens with zero attached hydrogens (tertiary/aromatic N) is 5. The molecule has 4 N–H and O–H groups in total. The standard InChI is InChI=1S/C23H29N7O/c1-23(2,25)16-8-9-18(27-12-16)14-10-15(11-14)21-28-22(30(13-24)29-21)17-6-5-7-19(31-4)20(17)26-3/h5-9,12,14-15H,3,10-11,13,24-25H2,1-2,4H3. The SMILES string of the molecule is C=Nc1c(OC)cccc1-c1nc(C2CC(c3ccc(C(C)(C)N)cn3)C2)nn1CN. The summed E-state index contributed by atoms with van der Waals surface area (Å²) in [5.74, 6) is 2.79. The summed E-state index contributed by atoms with van der Waals surface area (Å²) in [4.78, 5) is 13.6. The molecule has 1 saturated carbocycles. The lowest BCUT2D eigenvalue weighted by Gasteiger charge is -2.33. The second-order valence-electron chi connectivity index (χ2n) is 8.55. The fourth-order valence-corrected chi connectivity index (χ4v) is 3.99. The molecule has 8 heteroatoms. The lowest BCUT2D eigenvalue weighted by atomic mass is 9.72. The van der Waals surface area contributed by atoms with Crippen molar-refractivity contribution in [1.82, 2.24) is 19.7 Å². The van der Waals surface area contributed by atoms with Gasteiger partial charge >= 0.3 is 0 Å². The number of rotatable bonds is 7. The Hall–Kier alpha value is -3.10. The summed E-state index contributed by atoms with van der Waals surface area (Å²) in [7, 11) is 1.61. The third-order valence-electron chi connectivity index (χ3n) is 5.93.